The van der Waals surface area contributed by atoms with E-state index in [1.807, 2.05) is 7.05 Å². The molecular weight excluding hydrogens is 371 g/mol. The van der Waals surface area contributed by atoms with Gasteiger partial charge in [0.2, 0.25) is 0 Å². The van der Waals surface area contributed by atoms with Gasteiger partial charge in [0.25, 0.3) is 0 Å². The molecule has 1 aliphatic heterocycles. The molecule has 0 spiro atoms. The zero-order valence-corrected chi connectivity index (χ0v) is 16.0. The Bertz CT molecular complexity index is 912. The van der Waals surface area contributed by atoms with E-state index in [1.165, 1.54) is 6.07 Å². The first-order chi connectivity index (χ1) is 13.1. The van der Waals surface area contributed by atoms with Crippen LogP contribution in [0.5, 0.6) is 5.75 Å². The van der Waals surface area contributed by atoms with Crippen LogP contribution in [0.4, 0.5) is 13.2 Å². The molecule has 2 heterocycles. The fraction of sp³-hybridized carbons (Fsp3) is 0.450. The topological polar surface area (TPSA) is 66.3 Å². The lowest BCUT2D eigenvalue weighted by atomic mass is 9.90. The summed E-state index contributed by atoms with van der Waals surface area (Å²) in [6.07, 6.45) is -2.81. The molecule has 1 aliphatic rings. The third kappa shape index (κ3) is 3.87. The summed E-state index contributed by atoms with van der Waals surface area (Å²) in [5.41, 5.74) is 0.996. The van der Waals surface area contributed by atoms with Crippen molar-refractivity contribution in [2.45, 2.75) is 32.9 Å². The Balaban J connectivity index is 1.96. The number of ketones is 1. The number of hydrogen-bond acceptors (Lipinski definition) is 5. The molecule has 1 fully saturated rings. The highest BCUT2D eigenvalue weighted by Gasteiger charge is 2.32. The summed E-state index contributed by atoms with van der Waals surface area (Å²) in [5.74, 6) is -0.737. The molecule has 1 atom stereocenters. The molecule has 0 bridgehead atoms. The number of aromatic hydroxyl groups is 1. The number of halogens is 3. The fourth-order valence-electron chi connectivity index (χ4n) is 3.58. The maximum atomic E-state index is 12.9. The Morgan fingerprint density at radius 2 is 1.93 bits per heavy atom. The summed E-state index contributed by atoms with van der Waals surface area (Å²) in [6.45, 7) is 5.09. The van der Waals surface area contributed by atoms with Crippen molar-refractivity contribution >= 4 is 5.78 Å². The quantitative estimate of drug-likeness (QED) is 0.799. The normalized spacial score (nSPS) is 18.3. The van der Waals surface area contributed by atoms with Crippen LogP contribution in [0, 0.1) is 19.8 Å². The second-order valence-corrected chi connectivity index (χ2v) is 7.34. The molecule has 0 amide bonds. The van der Waals surface area contributed by atoms with E-state index in [9.17, 15) is 23.1 Å². The second kappa shape index (κ2) is 7.50. The average Bonchev–Trinajstić information content (AvgIpc) is 2.63. The third-order valence-corrected chi connectivity index (χ3v) is 5.33. The molecule has 28 heavy (non-hydrogen) atoms. The number of phenolic OH excluding ortho intramolecular Hbond substituents is 1. The van der Waals surface area contributed by atoms with Gasteiger partial charge in [-0.05, 0) is 69.6 Å². The summed E-state index contributed by atoms with van der Waals surface area (Å²) in [5, 5.41) is 18.2. The SMILES string of the molecule is Cc1c(C(=O)C2CCCN(C)C2)nnc(-c2ccc(C(F)(F)F)cc2O)c1C. The predicted octanol–water partition coefficient (Wildman–Crippen LogP) is 4.01. The number of carbonyl (C=O) groups excluding carboxylic acids is 1. The molecule has 1 aromatic carbocycles. The summed E-state index contributed by atoms with van der Waals surface area (Å²) < 4.78 is 38.4. The summed E-state index contributed by atoms with van der Waals surface area (Å²) in [4.78, 5) is 15.0. The number of likely N-dealkylation sites (tertiary alicyclic amines) is 1. The van der Waals surface area contributed by atoms with Gasteiger partial charge in [-0.25, -0.2) is 0 Å². The first-order valence-electron chi connectivity index (χ1n) is 9.06. The number of phenols is 1. The van der Waals surface area contributed by atoms with Crippen molar-refractivity contribution < 1.29 is 23.1 Å². The summed E-state index contributed by atoms with van der Waals surface area (Å²) in [6, 6.07) is 2.73. The maximum absolute atomic E-state index is 12.9. The minimum Gasteiger partial charge on any atom is -0.507 e. The molecule has 3 rings (SSSR count). The van der Waals surface area contributed by atoms with Gasteiger partial charge >= 0.3 is 6.18 Å². The van der Waals surface area contributed by atoms with Crippen LogP contribution in [0.25, 0.3) is 11.3 Å². The molecule has 0 aliphatic carbocycles. The van der Waals surface area contributed by atoms with Gasteiger partial charge in [0.05, 0.1) is 11.3 Å². The first kappa shape index (κ1) is 20.3. The van der Waals surface area contributed by atoms with Crippen LogP contribution < -0.4 is 0 Å². The number of alkyl halides is 3. The lowest BCUT2D eigenvalue weighted by Gasteiger charge is -2.28. The lowest BCUT2D eigenvalue weighted by Crippen LogP contribution is -2.36. The van der Waals surface area contributed by atoms with Gasteiger partial charge < -0.3 is 10.0 Å². The Kier molecular flexibility index (Phi) is 5.43. The van der Waals surface area contributed by atoms with Crippen molar-refractivity contribution in [2.75, 3.05) is 20.1 Å². The Hall–Kier alpha value is -2.48. The number of benzene rings is 1. The third-order valence-electron chi connectivity index (χ3n) is 5.33. The van der Waals surface area contributed by atoms with Crippen LogP contribution in [0.3, 0.4) is 0 Å². The molecule has 1 N–H and O–H groups in total. The number of nitrogens with zero attached hydrogens (tertiary/aromatic N) is 3. The molecule has 8 heteroatoms. The zero-order valence-electron chi connectivity index (χ0n) is 16.0. The van der Waals surface area contributed by atoms with E-state index in [-0.39, 0.29) is 28.7 Å². The van der Waals surface area contributed by atoms with E-state index in [0.717, 1.165) is 25.5 Å². The van der Waals surface area contributed by atoms with E-state index in [1.54, 1.807) is 13.8 Å². The molecule has 0 radical (unpaired) electrons. The number of aromatic nitrogens is 2. The van der Waals surface area contributed by atoms with Gasteiger partial charge in [-0.1, -0.05) is 0 Å². The van der Waals surface area contributed by atoms with Crippen molar-refractivity contribution in [3.8, 4) is 17.0 Å². The van der Waals surface area contributed by atoms with E-state index >= 15 is 0 Å². The van der Waals surface area contributed by atoms with Crippen molar-refractivity contribution in [2.24, 2.45) is 5.92 Å². The minimum atomic E-state index is -4.55. The van der Waals surface area contributed by atoms with E-state index in [2.05, 4.69) is 15.1 Å². The molecule has 0 saturated carbocycles. The van der Waals surface area contributed by atoms with E-state index in [4.69, 9.17) is 0 Å². The molecule has 1 saturated heterocycles. The van der Waals surface area contributed by atoms with Gasteiger partial charge in [0.15, 0.2) is 5.78 Å². The van der Waals surface area contributed by atoms with Gasteiger partial charge in [0.1, 0.15) is 11.4 Å². The largest absolute Gasteiger partial charge is 0.507 e. The molecular formula is C20H22F3N3O2. The first-order valence-corrected chi connectivity index (χ1v) is 9.06. The zero-order chi connectivity index (χ0) is 20.6. The Labute approximate surface area is 161 Å². The average molecular weight is 393 g/mol. The molecule has 1 unspecified atom stereocenters. The number of hydrogen-bond donors (Lipinski definition) is 1. The van der Waals surface area contributed by atoms with Crippen LogP contribution >= 0.6 is 0 Å². The van der Waals surface area contributed by atoms with Crippen molar-refractivity contribution in [1.82, 2.24) is 15.1 Å². The van der Waals surface area contributed by atoms with E-state index < -0.39 is 17.5 Å². The highest BCUT2D eigenvalue weighted by molar-refractivity contribution is 5.98. The predicted molar refractivity (Wildman–Crippen MR) is 98.2 cm³/mol. The molecule has 150 valence electrons. The highest BCUT2D eigenvalue weighted by atomic mass is 19.4. The van der Waals surface area contributed by atoms with Crippen molar-refractivity contribution in [3.63, 3.8) is 0 Å². The van der Waals surface area contributed by atoms with Gasteiger partial charge in [-0.15, -0.1) is 10.2 Å². The molecule has 5 nitrogen and oxygen atoms in total. The fourth-order valence-corrected chi connectivity index (χ4v) is 3.58. The standard InChI is InChI=1S/C20H22F3N3O2/c1-11-12(2)18(19(28)13-5-4-8-26(3)10-13)25-24-17(11)15-7-6-14(9-16(15)27)20(21,22)23/h6-7,9,13,27H,4-5,8,10H2,1-3H3. The lowest BCUT2D eigenvalue weighted by molar-refractivity contribution is -0.137. The monoisotopic (exact) mass is 393 g/mol. The van der Waals surface area contributed by atoms with Crippen molar-refractivity contribution in [1.29, 1.82) is 0 Å². The molecule has 2 aromatic rings. The second-order valence-electron chi connectivity index (χ2n) is 7.34. The number of rotatable bonds is 3. The number of Topliss-reactive ketones (excluding diaryl/α,β-unsaturated/α-hetero) is 1. The van der Waals surface area contributed by atoms with Gasteiger partial charge in [-0.3, -0.25) is 4.79 Å². The van der Waals surface area contributed by atoms with Crippen molar-refractivity contribution in [3.05, 3.63) is 40.6 Å². The van der Waals surface area contributed by atoms with Crippen LogP contribution in [-0.4, -0.2) is 46.1 Å². The highest BCUT2D eigenvalue weighted by Crippen LogP contribution is 2.37. The maximum Gasteiger partial charge on any atom is 0.416 e. The Morgan fingerprint density at radius 1 is 1.21 bits per heavy atom. The molecule has 1 aromatic heterocycles. The van der Waals surface area contributed by atoms with Gasteiger partial charge in [-0.2, -0.15) is 13.2 Å². The summed E-state index contributed by atoms with van der Waals surface area (Å²) in [7, 11) is 1.97. The van der Waals surface area contributed by atoms with E-state index in [0.29, 0.717) is 23.7 Å². The smallest absolute Gasteiger partial charge is 0.416 e. The van der Waals surface area contributed by atoms with Crippen LogP contribution in [-0.2, 0) is 6.18 Å². The number of carbonyl (C=O) groups is 1. The minimum absolute atomic E-state index is 0.0668. The van der Waals surface area contributed by atoms with Crippen LogP contribution in [0.1, 0.15) is 40.0 Å². The number of piperidine rings is 1. The van der Waals surface area contributed by atoms with Crippen LogP contribution in [0.15, 0.2) is 18.2 Å². The van der Waals surface area contributed by atoms with Gasteiger partial charge in [0, 0.05) is 18.0 Å². The van der Waals surface area contributed by atoms with Crippen LogP contribution in [0.2, 0.25) is 0 Å². The summed E-state index contributed by atoms with van der Waals surface area (Å²) >= 11 is 0. The Morgan fingerprint density at radius 3 is 2.54 bits per heavy atom.